The predicted molar refractivity (Wildman–Crippen MR) is 130 cm³/mol. The third kappa shape index (κ3) is 14.2. The molecule has 1 aromatic rings. The molecule has 1 rings (SSSR count). The third-order valence-corrected chi connectivity index (χ3v) is 4.20. The third-order valence-electron chi connectivity index (χ3n) is 4.20. The standard InChI is InChI=1S/C17H22.C6H14.2C2H6/c1-6-8-15(9-7-2)17(4,5)16-12-10-14(3)11-13-16;1-5-6(2,3)4;2*1-2/h6-13H,1H2,2-5H3;5H2,1-4H3;2*1-2H3/b9-7-,15-8+;;;. The maximum Gasteiger partial charge on any atom is 0.0146 e. The Morgan fingerprint density at radius 1 is 0.926 bits per heavy atom. The molecule has 0 saturated heterocycles. The highest BCUT2D eigenvalue weighted by Crippen LogP contribution is 2.32. The molecule has 156 valence electrons. The Morgan fingerprint density at radius 2 is 1.33 bits per heavy atom. The Hall–Kier alpha value is -1.56. The maximum atomic E-state index is 3.79. The van der Waals surface area contributed by atoms with Crippen LogP contribution in [0.4, 0.5) is 0 Å². The molecule has 0 heteroatoms. The van der Waals surface area contributed by atoms with Crippen LogP contribution in [0.3, 0.4) is 0 Å². The molecular weight excluding hydrogens is 324 g/mol. The van der Waals surface area contributed by atoms with Crippen LogP contribution in [0.25, 0.3) is 0 Å². The molecule has 0 fully saturated rings. The van der Waals surface area contributed by atoms with Crippen LogP contribution in [0, 0.1) is 12.3 Å². The second-order valence-electron chi connectivity index (χ2n) is 7.76. The van der Waals surface area contributed by atoms with Gasteiger partial charge in [0.25, 0.3) is 0 Å². The SMILES string of the molecule is C=C/C=C(\C=C/C)C(C)(C)c1ccc(C)cc1.CC.CC.CCC(C)(C)C. The lowest BCUT2D eigenvalue weighted by Gasteiger charge is -2.27. The number of hydrogen-bond donors (Lipinski definition) is 0. The van der Waals surface area contributed by atoms with Crippen LogP contribution >= 0.6 is 0 Å². The summed E-state index contributed by atoms with van der Waals surface area (Å²) < 4.78 is 0. The molecule has 0 N–H and O–H groups in total. The van der Waals surface area contributed by atoms with E-state index in [4.69, 9.17) is 0 Å². The van der Waals surface area contributed by atoms with Gasteiger partial charge in [-0.3, -0.25) is 0 Å². The minimum Gasteiger partial charge on any atom is -0.0991 e. The van der Waals surface area contributed by atoms with E-state index >= 15 is 0 Å². The first kappa shape index (κ1) is 30.2. The zero-order chi connectivity index (χ0) is 22.1. The van der Waals surface area contributed by atoms with E-state index in [2.05, 4.69) is 97.5 Å². The van der Waals surface area contributed by atoms with Crippen molar-refractivity contribution in [3.05, 3.63) is 71.8 Å². The summed E-state index contributed by atoms with van der Waals surface area (Å²) in [5.41, 5.74) is 4.45. The van der Waals surface area contributed by atoms with Crippen molar-refractivity contribution in [1.29, 1.82) is 0 Å². The van der Waals surface area contributed by atoms with Crippen molar-refractivity contribution in [2.45, 2.75) is 94.9 Å². The number of hydrogen-bond acceptors (Lipinski definition) is 0. The molecule has 0 spiro atoms. The Balaban J connectivity index is -0.000000484. The van der Waals surface area contributed by atoms with Gasteiger partial charge >= 0.3 is 0 Å². The van der Waals surface area contributed by atoms with Crippen LogP contribution in [-0.2, 0) is 5.41 Å². The van der Waals surface area contributed by atoms with Gasteiger partial charge < -0.3 is 0 Å². The summed E-state index contributed by atoms with van der Waals surface area (Å²) in [5.74, 6) is 0. The molecule has 0 aromatic heterocycles. The monoisotopic (exact) mass is 372 g/mol. The van der Waals surface area contributed by atoms with Crippen molar-refractivity contribution in [1.82, 2.24) is 0 Å². The van der Waals surface area contributed by atoms with E-state index in [-0.39, 0.29) is 5.41 Å². The van der Waals surface area contributed by atoms with Crippen molar-refractivity contribution >= 4 is 0 Å². The second-order valence-corrected chi connectivity index (χ2v) is 7.76. The summed E-state index contributed by atoms with van der Waals surface area (Å²) in [6.45, 7) is 29.4. The first-order valence-electron chi connectivity index (χ1n) is 10.6. The van der Waals surface area contributed by atoms with Gasteiger partial charge in [-0.25, -0.2) is 0 Å². The Kier molecular flexibility index (Phi) is 18.6. The highest BCUT2D eigenvalue weighted by atomic mass is 14.3. The maximum absolute atomic E-state index is 3.79. The smallest absolute Gasteiger partial charge is 0.0146 e. The van der Waals surface area contributed by atoms with E-state index < -0.39 is 0 Å². The summed E-state index contributed by atoms with van der Waals surface area (Å²) >= 11 is 0. The van der Waals surface area contributed by atoms with Gasteiger partial charge in [0.15, 0.2) is 0 Å². The van der Waals surface area contributed by atoms with E-state index in [9.17, 15) is 0 Å². The summed E-state index contributed by atoms with van der Waals surface area (Å²) in [5, 5.41) is 0. The Morgan fingerprint density at radius 3 is 1.63 bits per heavy atom. The average molecular weight is 373 g/mol. The van der Waals surface area contributed by atoms with Gasteiger partial charge in [-0.1, -0.05) is 136 Å². The molecule has 0 unspecified atom stereocenters. The van der Waals surface area contributed by atoms with Gasteiger partial charge in [-0.2, -0.15) is 0 Å². The highest BCUT2D eigenvalue weighted by molar-refractivity contribution is 5.42. The minimum atomic E-state index is 0.00833. The Bertz CT molecular complexity index is 516. The van der Waals surface area contributed by atoms with Crippen LogP contribution in [0.1, 0.15) is 93.7 Å². The molecule has 0 saturated carbocycles. The highest BCUT2D eigenvalue weighted by Gasteiger charge is 2.23. The predicted octanol–water partition coefficient (Wildman–Crippen LogP) is 9.46. The zero-order valence-corrected chi connectivity index (χ0v) is 20.5. The van der Waals surface area contributed by atoms with E-state index in [1.807, 2.05) is 40.7 Å². The molecule has 0 nitrogen and oxygen atoms in total. The largest absolute Gasteiger partial charge is 0.0991 e. The number of benzene rings is 1. The van der Waals surface area contributed by atoms with Crippen molar-refractivity contribution in [2.24, 2.45) is 5.41 Å². The molecule has 0 heterocycles. The summed E-state index contributed by atoms with van der Waals surface area (Å²) in [6.07, 6.45) is 9.44. The zero-order valence-electron chi connectivity index (χ0n) is 20.5. The van der Waals surface area contributed by atoms with Gasteiger partial charge in [-0.15, -0.1) is 0 Å². The molecule has 0 aliphatic rings. The number of rotatable bonds is 4. The van der Waals surface area contributed by atoms with Crippen LogP contribution in [0.15, 0.2) is 60.7 Å². The summed E-state index contributed by atoms with van der Waals surface area (Å²) in [7, 11) is 0. The lowest BCUT2D eigenvalue weighted by Crippen LogP contribution is -2.19. The van der Waals surface area contributed by atoms with Crippen LogP contribution < -0.4 is 0 Å². The fourth-order valence-corrected chi connectivity index (χ4v) is 1.92. The first-order chi connectivity index (χ1) is 12.6. The molecule has 0 amide bonds. The quantitative estimate of drug-likeness (QED) is 0.461. The fraction of sp³-hybridized carbons (Fsp3) is 0.556. The van der Waals surface area contributed by atoms with Crippen molar-refractivity contribution in [2.75, 3.05) is 0 Å². The van der Waals surface area contributed by atoms with E-state index in [1.165, 1.54) is 23.1 Å². The molecule has 1 aromatic carbocycles. The average Bonchev–Trinajstić information content (AvgIpc) is 2.65. The minimum absolute atomic E-state index is 0.00833. The molecule has 0 radical (unpaired) electrons. The number of aryl methyl sites for hydroxylation is 1. The van der Waals surface area contributed by atoms with Crippen LogP contribution in [0.2, 0.25) is 0 Å². The van der Waals surface area contributed by atoms with E-state index in [0.717, 1.165) is 0 Å². The fourth-order valence-electron chi connectivity index (χ4n) is 1.92. The van der Waals surface area contributed by atoms with E-state index in [0.29, 0.717) is 5.41 Å². The molecule has 0 aliphatic carbocycles. The Labute approximate surface area is 172 Å². The second kappa shape index (κ2) is 16.6. The van der Waals surface area contributed by atoms with Gasteiger partial charge in [0.2, 0.25) is 0 Å². The molecule has 0 aliphatic heterocycles. The number of allylic oxidation sites excluding steroid dienone is 5. The van der Waals surface area contributed by atoms with Gasteiger partial charge in [-0.05, 0) is 30.4 Å². The van der Waals surface area contributed by atoms with Gasteiger partial charge in [0.1, 0.15) is 0 Å². The molecule has 0 atom stereocenters. The molecular formula is C27H48. The van der Waals surface area contributed by atoms with Crippen molar-refractivity contribution in [3.8, 4) is 0 Å². The molecule has 27 heavy (non-hydrogen) atoms. The summed E-state index contributed by atoms with van der Waals surface area (Å²) in [6, 6.07) is 8.74. The van der Waals surface area contributed by atoms with E-state index in [1.54, 1.807) is 0 Å². The van der Waals surface area contributed by atoms with Crippen molar-refractivity contribution in [3.63, 3.8) is 0 Å². The first-order valence-corrected chi connectivity index (χ1v) is 10.6. The lowest BCUT2D eigenvalue weighted by atomic mass is 9.77. The van der Waals surface area contributed by atoms with Gasteiger partial charge in [0.05, 0.1) is 0 Å². The lowest BCUT2D eigenvalue weighted by molar-refractivity contribution is 0.398. The van der Waals surface area contributed by atoms with Crippen LogP contribution in [-0.4, -0.2) is 0 Å². The molecule has 0 bridgehead atoms. The normalized spacial score (nSPS) is 11.3. The van der Waals surface area contributed by atoms with Crippen molar-refractivity contribution < 1.29 is 0 Å². The summed E-state index contributed by atoms with van der Waals surface area (Å²) in [4.78, 5) is 0. The topological polar surface area (TPSA) is 0 Å². The van der Waals surface area contributed by atoms with Gasteiger partial charge in [0, 0.05) is 5.41 Å². The van der Waals surface area contributed by atoms with Crippen LogP contribution in [0.5, 0.6) is 0 Å².